The molecule has 0 radical (unpaired) electrons. The third-order valence-electron chi connectivity index (χ3n) is 3.09. The van der Waals surface area contributed by atoms with Gasteiger partial charge in [-0.1, -0.05) is 36.9 Å². The zero-order chi connectivity index (χ0) is 15.9. The van der Waals surface area contributed by atoms with E-state index in [1.165, 1.54) is 0 Å². The highest BCUT2D eigenvalue weighted by Gasteiger charge is 2.20. The fourth-order valence-corrected chi connectivity index (χ4v) is 2.02. The Bertz CT molecular complexity index is 520. The van der Waals surface area contributed by atoms with E-state index in [0.29, 0.717) is 18.4 Å². The molecule has 0 fully saturated rings. The fraction of sp³-hybridized carbons (Fsp3) is 0.444. The Hall–Kier alpha value is -2.08. The molecule has 3 heteroatoms. The third-order valence-corrected chi connectivity index (χ3v) is 3.09. The van der Waals surface area contributed by atoms with Crippen LogP contribution in [0.3, 0.4) is 0 Å². The molecule has 21 heavy (non-hydrogen) atoms. The summed E-state index contributed by atoms with van der Waals surface area (Å²) >= 11 is 0. The molecule has 1 aromatic carbocycles. The summed E-state index contributed by atoms with van der Waals surface area (Å²) in [5, 5.41) is 8.96. The number of benzene rings is 1. The van der Waals surface area contributed by atoms with E-state index >= 15 is 0 Å². The van der Waals surface area contributed by atoms with Gasteiger partial charge in [0.1, 0.15) is 5.60 Å². The van der Waals surface area contributed by atoms with Crippen LogP contribution in [0.4, 0.5) is 0 Å². The molecule has 0 aromatic heterocycles. The average Bonchev–Trinajstić information content (AvgIpc) is 2.42. The molecule has 0 saturated carbocycles. The summed E-state index contributed by atoms with van der Waals surface area (Å²) in [7, 11) is 0. The Morgan fingerprint density at radius 3 is 2.48 bits per heavy atom. The second kappa shape index (κ2) is 7.64. The van der Waals surface area contributed by atoms with Crippen LogP contribution in [0, 0.1) is 11.3 Å². The second-order valence-electron chi connectivity index (χ2n) is 6.11. The molecule has 0 heterocycles. The van der Waals surface area contributed by atoms with E-state index in [2.05, 4.69) is 12.6 Å². The van der Waals surface area contributed by atoms with Gasteiger partial charge in [-0.2, -0.15) is 5.26 Å². The fourth-order valence-electron chi connectivity index (χ4n) is 2.02. The topological polar surface area (TPSA) is 50.1 Å². The van der Waals surface area contributed by atoms with Gasteiger partial charge in [0.05, 0.1) is 6.07 Å². The van der Waals surface area contributed by atoms with E-state index < -0.39 is 5.60 Å². The summed E-state index contributed by atoms with van der Waals surface area (Å²) in [6, 6.07) is 12.1. The van der Waals surface area contributed by atoms with Crippen molar-refractivity contribution in [2.24, 2.45) is 0 Å². The van der Waals surface area contributed by atoms with E-state index in [4.69, 9.17) is 10.00 Å². The molecule has 1 aromatic rings. The highest BCUT2D eigenvalue weighted by atomic mass is 16.6. The summed E-state index contributed by atoms with van der Waals surface area (Å²) in [6.07, 6.45) is 1.69. The zero-order valence-electron chi connectivity index (χ0n) is 13.1. The molecule has 1 rings (SSSR count). The Kier molecular flexibility index (Phi) is 6.17. The van der Waals surface area contributed by atoms with Crippen LogP contribution in [-0.4, -0.2) is 11.6 Å². The normalized spacial score (nSPS) is 12.3. The molecule has 0 spiro atoms. The minimum atomic E-state index is -0.508. The van der Waals surface area contributed by atoms with Crippen LogP contribution < -0.4 is 0 Å². The van der Waals surface area contributed by atoms with Crippen LogP contribution in [0.15, 0.2) is 42.5 Å². The lowest BCUT2D eigenvalue weighted by Crippen LogP contribution is -2.24. The number of nitrogens with zero attached hydrogens (tertiary/aromatic N) is 1. The molecule has 0 aliphatic rings. The van der Waals surface area contributed by atoms with Gasteiger partial charge in [-0.15, -0.1) is 0 Å². The van der Waals surface area contributed by atoms with Crippen LogP contribution in [0.5, 0.6) is 0 Å². The van der Waals surface area contributed by atoms with E-state index in [0.717, 1.165) is 12.0 Å². The molecule has 0 amide bonds. The molecule has 0 bridgehead atoms. The van der Waals surface area contributed by atoms with E-state index in [1.807, 2.05) is 51.1 Å². The van der Waals surface area contributed by atoms with Crippen molar-refractivity contribution in [1.29, 1.82) is 5.26 Å². The summed E-state index contributed by atoms with van der Waals surface area (Å²) < 4.78 is 5.29. The lowest BCUT2D eigenvalue weighted by molar-refractivity contribution is -0.150. The van der Waals surface area contributed by atoms with Crippen LogP contribution in [0.2, 0.25) is 0 Å². The van der Waals surface area contributed by atoms with Crippen molar-refractivity contribution in [2.45, 2.75) is 51.6 Å². The van der Waals surface area contributed by atoms with Crippen LogP contribution >= 0.6 is 0 Å². The minimum absolute atomic E-state index is 0.121. The van der Waals surface area contributed by atoms with Gasteiger partial charge in [0.25, 0.3) is 0 Å². The summed E-state index contributed by atoms with van der Waals surface area (Å²) in [6.45, 7) is 9.31. The van der Waals surface area contributed by atoms with Gasteiger partial charge in [-0.05, 0) is 45.1 Å². The van der Waals surface area contributed by atoms with Gasteiger partial charge in [0.2, 0.25) is 0 Å². The largest absolute Gasteiger partial charge is 0.457 e. The Morgan fingerprint density at radius 2 is 1.95 bits per heavy atom. The van der Waals surface area contributed by atoms with Crippen molar-refractivity contribution < 1.29 is 9.53 Å². The number of carbonyl (C=O) groups excluding carboxylic acids is 1. The van der Waals surface area contributed by atoms with Crippen molar-refractivity contribution >= 4 is 5.97 Å². The number of esters is 1. The smallest absolute Gasteiger partial charge is 0.333 e. The molecule has 0 aliphatic carbocycles. The molecule has 0 saturated heterocycles. The highest BCUT2D eigenvalue weighted by Crippen LogP contribution is 2.26. The average molecular weight is 285 g/mol. The van der Waals surface area contributed by atoms with E-state index in [9.17, 15) is 4.79 Å². The van der Waals surface area contributed by atoms with Crippen molar-refractivity contribution in [3.05, 3.63) is 48.0 Å². The maximum absolute atomic E-state index is 11.9. The molecule has 3 nitrogen and oxygen atoms in total. The van der Waals surface area contributed by atoms with Crippen LogP contribution in [-0.2, 0) is 9.53 Å². The molecule has 112 valence electrons. The number of nitriles is 1. The van der Waals surface area contributed by atoms with Gasteiger partial charge in [-0.3, -0.25) is 0 Å². The van der Waals surface area contributed by atoms with E-state index in [-0.39, 0.29) is 11.9 Å². The number of hydrogen-bond acceptors (Lipinski definition) is 3. The maximum Gasteiger partial charge on any atom is 0.333 e. The molecule has 0 N–H and O–H groups in total. The number of rotatable bonds is 6. The van der Waals surface area contributed by atoms with E-state index in [1.54, 1.807) is 0 Å². The molecule has 1 atom stereocenters. The summed E-state index contributed by atoms with van der Waals surface area (Å²) in [4.78, 5) is 11.9. The first-order chi connectivity index (χ1) is 9.83. The molecular formula is C18H23NO2. The first-order valence-electron chi connectivity index (χ1n) is 7.16. The summed E-state index contributed by atoms with van der Waals surface area (Å²) in [5.41, 5.74) is 1.07. The lowest BCUT2D eigenvalue weighted by Gasteiger charge is -2.21. The van der Waals surface area contributed by atoms with Gasteiger partial charge in [-0.25, -0.2) is 4.79 Å². The molecule has 1 unspecified atom stereocenters. The van der Waals surface area contributed by atoms with Crippen molar-refractivity contribution in [3.63, 3.8) is 0 Å². The quantitative estimate of drug-likeness (QED) is 0.576. The van der Waals surface area contributed by atoms with Crippen LogP contribution in [0.25, 0.3) is 0 Å². The SMILES string of the molecule is C=C(CCC(CC#N)c1ccccc1)C(=O)OC(C)(C)C. The second-order valence-corrected chi connectivity index (χ2v) is 6.11. The Balaban J connectivity index is 2.60. The van der Waals surface area contributed by atoms with Gasteiger partial charge < -0.3 is 4.74 Å². The first-order valence-corrected chi connectivity index (χ1v) is 7.16. The number of hydrogen-bond donors (Lipinski definition) is 0. The van der Waals surface area contributed by atoms with Gasteiger partial charge >= 0.3 is 5.97 Å². The van der Waals surface area contributed by atoms with Gasteiger partial charge in [0.15, 0.2) is 0 Å². The summed E-state index contributed by atoms with van der Waals surface area (Å²) in [5.74, 6) is -0.235. The Labute approximate surface area is 127 Å². The van der Waals surface area contributed by atoms with Crippen LogP contribution in [0.1, 0.15) is 51.5 Å². The number of carbonyl (C=O) groups is 1. The van der Waals surface area contributed by atoms with Gasteiger partial charge in [0, 0.05) is 12.0 Å². The zero-order valence-corrected chi connectivity index (χ0v) is 13.1. The Morgan fingerprint density at radius 1 is 1.33 bits per heavy atom. The monoisotopic (exact) mass is 285 g/mol. The first kappa shape index (κ1) is 17.0. The molecular weight excluding hydrogens is 262 g/mol. The molecule has 0 aliphatic heterocycles. The minimum Gasteiger partial charge on any atom is -0.457 e. The maximum atomic E-state index is 11.9. The van der Waals surface area contributed by atoms with Crippen molar-refractivity contribution in [3.8, 4) is 6.07 Å². The predicted octanol–water partition coefficient (Wildman–Crippen LogP) is 4.36. The standard InChI is InChI=1S/C18H23NO2/c1-14(17(20)21-18(2,3)4)10-11-16(12-13-19)15-8-6-5-7-9-15/h5-9,16H,1,10-12H2,2-4H3. The lowest BCUT2D eigenvalue weighted by atomic mass is 9.90. The predicted molar refractivity (Wildman–Crippen MR) is 83.6 cm³/mol. The van der Waals surface area contributed by atoms with Crippen molar-refractivity contribution in [2.75, 3.05) is 0 Å². The number of ether oxygens (including phenoxy) is 1. The third kappa shape index (κ3) is 6.27. The van der Waals surface area contributed by atoms with Crippen molar-refractivity contribution in [1.82, 2.24) is 0 Å². The highest BCUT2D eigenvalue weighted by molar-refractivity contribution is 5.87.